The molecule has 8 heteroatoms. The first-order valence-electron chi connectivity index (χ1n) is 8.81. The van der Waals surface area contributed by atoms with Crippen molar-refractivity contribution in [2.75, 3.05) is 6.54 Å². The number of rotatable bonds is 6. The molecule has 0 aliphatic heterocycles. The zero-order valence-electron chi connectivity index (χ0n) is 15.6. The standard InChI is InChI=1S/C20H20ClN5O2/c1-13-14(2)25-19(17-11-22-9-10-23-17)26(20(13)28)12-18(27)24-8-7-15-3-5-16(21)6-4-15/h3-6,9-11H,7-8,12H2,1-2H3,(H,24,27). The van der Waals surface area contributed by atoms with Gasteiger partial charge in [0.1, 0.15) is 12.2 Å². The predicted molar refractivity (Wildman–Crippen MR) is 107 cm³/mol. The van der Waals surface area contributed by atoms with E-state index in [1.807, 2.05) is 24.3 Å². The van der Waals surface area contributed by atoms with Gasteiger partial charge >= 0.3 is 0 Å². The maximum atomic E-state index is 12.7. The van der Waals surface area contributed by atoms with Gasteiger partial charge in [0.15, 0.2) is 5.82 Å². The van der Waals surface area contributed by atoms with Crippen molar-refractivity contribution in [2.24, 2.45) is 0 Å². The number of hydrogen-bond acceptors (Lipinski definition) is 5. The van der Waals surface area contributed by atoms with Crippen LogP contribution in [0.1, 0.15) is 16.8 Å². The van der Waals surface area contributed by atoms with E-state index in [0.29, 0.717) is 40.8 Å². The summed E-state index contributed by atoms with van der Waals surface area (Å²) in [6, 6.07) is 7.45. The molecule has 1 aromatic carbocycles. The Morgan fingerprint density at radius 1 is 1.18 bits per heavy atom. The number of carbonyl (C=O) groups is 1. The van der Waals surface area contributed by atoms with Gasteiger partial charge in [0.2, 0.25) is 5.91 Å². The van der Waals surface area contributed by atoms with Crippen LogP contribution in [-0.4, -0.2) is 32.0 Å². The Kier molecular flexibility index (Phi) is 6.16. The van der Waals surface area contributed by atoms with Crippen LogP contribution in [0.3, 0.4) is 0 Å². The van der Waals surface area contributed by atoms with Gasteiger partial charge < -0.3 is 5.32 Å². The van der Waals surface area contributed by atoms with Gasteiger partial charge in [-0.3, -0.25) is 19.1 Å². The fourth-order valence-electron chi connectivity index (χ4n) is 2.71. The minimum atomic E-state index is -0.272. The molecule has 1 amide bonds. The van der Waals surface area contributed by atoms with Crippen molar-refractivity contribution in [3.63, 3.8) is 0 Å². The number of nitrogens with one attached hydrogen (secondary N) is 1. The summed E-state index contributed by atoms with van der Waals surface area (Å²) in [5, 5.41) is 3.51. The van der Waals surface area contributed by atoms with Crippen LogP contribution >= 0.6 is 11.6 Å². The third-order valence-electron chi connectivity index (χ3n) is 4.38. The zero-order chi connectivity index (χ0) is 20.1. The number of benzene rings is 1. The molecule has 0 aliphatic carbocycles. The van der Waals surface area contributed by atoms with E-state index >= 15 is 0 Å². The van der Waals surface area contributed by atoms with Crippen LogP contribution in [0.5, 0.6) is 0 Å². The van der Waals surface area contributed by atoms with Crippen molar-refractivity contribution in [3.8, 4) is 11.5 Å². The molecule has 0 spiro atoms. The molecule has 0 saturated carbocycles. The van der Waals surface area contributed by atoms with E-state index in [-0.39, 0.29) is 18.0 Å². The SMILES string of the molecule is Cc1nc(-c2cnccn2)n(CC(=O)NCCc2ccc(Cl)cc2)c(=O)c1C. The molecular weight excluding hydrogens is 378 g/mol. The third-order valence-corrected chi connectivity index (χ3v) is 4.63. The van der Waals surface area contributed by atoms with Crippen LogP contribution in [0.15, 0.2) is 47.7 Å². The lowest BCUT2D eigenvalue weighted by atomic mass is 10.1. The fraction of sp³-hybridized carbons (Fsp3) is 0.250. The van der Waals surface area contributed by atoms with Crippen molar-refractivity contribution in [3.05, 3.63) is 75.1 Å². The van der Waals surface area contributed by atoms with Crippen LogP contribution in [0.25, 0.3) is 11.5 Å². The molecule has 0 saturated heterocycles. The Morgan fingerprint density at radius 2 is 1.93 bits per heavy atom. The molecule has 3 rings (SSSR count). The lowest BCUT2D eigenvalue weighted by molar-refractivity contribution is -0.121. The van der Waals surface area contributed by atoms with Gasteiger partial charge in [-0.05, 0) is 38.0 Å². The van der Waals surface area contributed by atoms with Gasteiger partial charge in [0.25, 0.3) is 5.56 Å². The van der Waals surface area contributed by atoms with Crippen LogP contribution < -0.4 is 10.9 Å². The second-order valence-corrected chi connectivity index (χ2v) is 6.79. The normalized spacial score (nSPS) is 10.7. The highest BCUT2D eigenvalue weighted by atomic mass is 35.5. The van der Waals surface area contributed by atoms with Gasteiger partial charge in [0, 0.05) is 35.2 Å². The van der Waals surface area contributed by atoms with Crippen LogP contribution in [0.4, 0.5) is 0 Å². The molecule has 0 fully saturated rings. The Bertz CT molecular complexity index is 1030. The summed E-state index contributed by atoms with van der Waals surface area (Å²) in [5.41, 5.74) is 2.35. The van der Waals surface area contributed by atoms with Crippen LogP contribution in [-0.2, 0) is 17.8 Å². The highest BCUT2D eigenvalue weighted by Gasteiger charge is 2.16. The Morgan fingerprint density at radius 3 is 2.61 bits per heavy atom. The Hall–Kier alpha value is -3.06. The number of aromatic nitrogens is 4. The van der Waals surface area contributed by atoms with Gasteiger partial charge in [0.05, 0.1) is 6.20 Å². The number of aryl methyl sites for hydroxylation is 1. The molecule has 2 aromatic heterocycles. The molecule has 7 nitrogen and oxygen atoms in total. The maximum absolute atomic E-state index is 12.7. The third kappa shape index (κ3) is 4.61. The first kappa shape index (κ1) is 19.7. The first-order chi connectivity index (χ1) is 13.5. The van der Waals surface area contributed by atoms with E-state index in [1.54, 1.807) is 13.8 Å². The summed E-state index contributed by atoms with van der Waals surface area (Å²) in [7, 11) is 0. The molecule has 0 atom stereocenters. The van der Waals surface area contributed by atoms with Gasteiger partial charge in [-0.1, -0.05) is 23.7 Å². The molecule has 2 heterocycles. The largest absolute Gasteiger partial charge is 0.354 e. The summed E-state index contributed by atoms with van der Waals surface area (Å²) in [6.07, 6.45) is 5.25. The summed E-state index contributed by atoms with van der Waals surface area (Å²) in [5.74, 6) is 0.0558. The summed E-state index contributed by atoms with van der Waals surface area (Å²) < 4.78 is 1.34. The van der Waals surface area contributed by atoms with Gasteiger partial charge in [-0.2, -0.15) is 0 Å². The average molecular weight is 398 g/mol. The fourth-order valence-corrected chi connectivity index (χ4v) is 2.84. The lowest BCUT2D eigenvalue weighted by Crippen LogP contribution is -2.35. The Labute approximate surface area is 167 Å². The lowest BCUT2D eigenvalue weighted by Gasteiger charge is -2.14. The van der Waals surface area contributed by atoms with Crippen LogP contribution in [0.2, 0.25) is 5.02 Å². The molecule has 0 unspecified atom stereocenters. The van der Waals surface area contributed by atoms with E-state index in [1.165, 1.54) is 23.2 Å². The van der Waals surface area contributed by atoms with Crippen molar-refractivity contribution in [2.45, 2.75) is 26.8 Å². The molecule has 3 aromatic rings. The topological polar surface area (TPSA) is 89.8 Å². The minimum Gasteiger partial charge on any atom is -0.354 e. The second kappa shape index (κ2) is 8.75. The van der Waals surface area contributed by atoms with Gasteiger partial charge in [-0.25, -0.2) is 9.97 Å². The number of nitrogens with zero attached hydrogens (tertiary/aromatic N) is 4. The molecule has 0 aliphatic rings. The highest BCUT2D eigenvalue weighted by Crippen LogP contribution is 2.13. The van der Waals surface area contributed by atoms with Gasteiger partial charge in [-0.15, -0.1) is 0 Å². The molecule has 0 bridgehead atoms. The summed E-state index contributed by atoms with van der Waals surface area (Å²) >= 11 is 5.87. The second-order valence-electron chi connectivity index (χ2n) is 6.35. The quantitative estimate of drug-likeness (QED) is 0.689. The molecule has 1 N–H and O–H groups in total. The van der Waals surface area contributed by atoms with E-state index in [2.05, 4.69) is 20.3 Å². The minimum absolute atomic E-state index is 0.139. The summed E-state index contributed by atoms with van der Waals surface area (Å²) in [4.78, 5) is 37.9. The van der Waals surface area contributed by atoms with Crippen molar-refractivity contribution < 1.29 is 4.79 Å². The van der Waals surface area contributed by atoms with E-state index < -0.39 is 0 Å². The molecular formula is C20H20ClN5O2. The number of carbonyl (C=O) groups excluding carboxylic acids is 1. The highest BCUT2D eigenvalue weighted by molar-refractivity contribution is 6.30. The maximum Gasteiger partial charge on any atom is 0.257 e. The molecule has 144 valence electrons. The van der Waals surface area contributed by atoms with Crippen molar-refractivity contribution >= 4 is 17.5 Å². The zero-order valence-corrected chi connectivity index (χ0v) is 16.4. The number of amides is 1. The molecule has 0 radical (unpaired) electrons. The molecule has 28 heavy (non-hydrogen) atoms. The summed E-state index contributed by atoms with van der Waals surface area (Å²) in [6.45, 7) is 3.76. The Balaban J connectivity index is 1.75. The van der Waals surface area contributed by atoms with Crippen molar-refractivity contribution in [1.82, 2.24) is 24.8 Å². The van der Waals surface area contributed by atoms with Crippen molar-refractivity contribution in [1.29, 1.82) is 0 Å². The smallest absolute Gasteiger partial charge is 0.257 e. The van der Waals surface area contributed by atoms with Crippen LogP contribution in [0, 0.1) is 13.8 Å². The van der Waals surface area contributed by atoms with E-state index in [4.69, 9.17) is 11.6 Å². The average Bonchev–Trinajstić information content (AvgIpc) is 2.70. The first-order valence-corrected chi connectivity index (χ1v) is 9.19. The number of hydrogen-bond donors (Lipinski definition) is 1. The monoisotopic (exact) mass is 397 g/mol. The van der Waals surface area contributed by atoms with E-state index in [0.717, 1.165) is 5.56 Å². The van der Waals surface area contributed by atoms with E-state index in [9.17, 15) is 9.59 Å². The number of halogens is 1. The predicted octanol–water partition coefficient (Wildman–Crippen LogP) is 2.33.